The van der Waals surface area contributed by atoms with Crippen molar-refractivity contribution in [3.63, 3.8) is 0 Å². The van der Waals surface area contributed by atoms with Crippen LogP contribution in [0.2, 0.25) is 0 Å². The molecule has 1 aliphatic heterocycles. The van der Waals surface area contributed by atoms with E-state index in [1.165, 1.54) is 0 Å². The zero-order valence-electron chi connectivity index (χ0n) is 16.8. The van der Waals surface area contributed by atoms with Crippen LogP contribution in [0.3, 0.4) is 0 Å². The van der Waals surface area contributed by atoms with Crippen molar-refractivity contribution in [2.75, 3.05) is 23.3 Å². The molecule has 3 N–H and O–H groups in total. The molecule has 0 spiro atoms. The van der Waals surface area contributed by atoms with E-state index in [0.29, 0.717) is 5.56 Å². The van der Waals surface area contributed by atoms with Gasteiger partial charge in [0.05, 0.1) is 0 Å². The van der Waals surface area contributed by atoms with E-state index >= 15 is 0 Å². The van der Waals surface area contributed by atoms with Gasteiger partial charge in [-0.2, -0.15) is 0 Å². The molecule has 5 nitrogen and oxygen atoms in total. The second-order valence-corrected chi connectivity index (χ2v) is 7.61. The van der Waals surface area contributed by atoms with Crippen molar-refractivity contribution in [1.29, 1.82) is 0 Å². The van der Waals surface area contributed by atoms with Crippen LogP contribution in [0.25, 0.3) is 11.1 Å². The topological polar surface area (TPSA) is 75.4 Å². The van der Waals surface area contributed by atoms with Crippen LogP contribution in [0, 0.1) is 5.92 Å². The molecule has 4 rings (SSSR count). The number of rotatable bonds is 5. The Morgan fingerprint density at radius 2 is 1.40 bits per heavy atom. The average Bonchev–Trinajstić information content (AvgIpc) is 2.80. The smallest absolute Gasteiger partial charge is 0.255 e. The minimum atomic E-state index is -0.204. The summed E-state index contributed by atoms with van der Waals surface area (Å²) in [6, 6.07) is 25.5. The highest BCUT2D eigenvalue weighted by molar-refractivity contribution is 6.04. The van der Waals surface area contributed by atoms with Gasteiger partial charge in [0.25, 0.3) is 5.91 Å². The van der Waals surface area contributed by atoms with Crippen LogP contribution >= 0.6 is 0 Å². The molecule has 1 heterocycles. The number of piperidine rings is 1. The number of carbonyl (C=O) groups is 2. The Morgan fingerprint density at radius 3 is 2.00 bits per heavy atom. The third-order valence-electron chi connectivity index (χ3n) is 5.64. The summed E-state index contributed by atoms with van der Waals surface area (Å²) < 4.78 is 0. The summed E-state index contributed by atoms with van der Waals surface area (Å²) in [5.74, 6) is -0.359. The third kappa shape index (κ3) is 4.51. The number of hydrogen-bond donors (Lipinski definition) is 2. The molecule has 0 aliphatic carbocycles. The molecule has 3 aromatic carbocycles. The van der Waals surface area contributed by atoms with Crippen molar-refractivity contribution in [3.05, 3.63) is 84.4 Å². The lowest BCUT2D eigenvalue weighted by molar-refractivity contribution is -0.122. The molecule has 0 aromatic heterocycles. The molecule has 0 radical (unpaired) electrons. The van der Waals surface area contributed by atoms with Crippen LogP contribution in [0.4, 0.5) is 11.4 Å². The number of nitrogens with one attached hydrogen (secondary N) is 1. The van der Waals surface area contributed by atoms with E-state index in [1.807, 2.05) is 78.9 Å². The number of amides is 2. The number of primary amides is 1. The number of nitrogens with two attached hydrogens (primary N) is 1. The van der Waals surface area contributed by atoms with Gasteiger partial charge in [-0.15, -0.1) is 0 Å². The van der Waals surface area contributed by atoms with E-state index in [1.54, 1.807) is 0 Å². The lowest BCUT2D eigenvalue weighted by Gasteiger charge is -2.32. The first-order valence-corrected chi connectivity index (χ1v) is 10.2. The van der Waals surface area contributed by atoms with Crippen LogP contribution in [-0.4, -0.2) is 24.9 Å². The monoisotopic (exact) mass is 399 g/mol. The molecule has 2 amide bonds. The van der Waals surface area contributed by atoms with Crippen LogP contribution < -0.4 is 16.0 Å². The summed E-state index contributed by atoms with van der Waals surface area (Å²) >= 11 is 0. The van der Waals surface area contributed by atoms with Crippen molar-refractivity contribution in [2.45, 2.75) is 12.8 Å². The maximum Gasteiger partial charge on any atom is 0.255 e. The largest absolute Gasteiger partial charge is 0.371 e. The summed E-state index contributed by atoms with van der Waals surface area (Å²) in [6.45, 7) is 1.63. The van der Waals surface area contributed by atoms with Crippen LogP contribution in [0.5, 0.6) is 0 Å². The molecule has 0 atom stereocenters. The maximum atomic E-state index is 12.6. The van der Waals surface area contributed by atoms with Gasteiger partial charge < -0.3 is 16.0 Å². The Kier molecular flexibility index (Phi) is 5.80. The summed E-state index contributed by atoms with van der Waals surface area (Å²) in [4.78, 5) is 26.1. The Hall–Kier alpha value is -3.60. The first kappa shape index (κ1) is 19.7. The molecule has 30 heavy (non-hydrogen) atoms. The van der Waals surface area contributed by atoms with Crippen LogP contribution in [0.1, 0.15) is 23.2 Å². The Bertz CT molecular complexity index is 1010. The molecule has 5 heteroatoms. The zero-order valence-corrected chi connectivity index (χ0v) is 16.8. The molecule has 0 unspecified atom stereocenters. The van der Waals surface area contributed by atoms with Gasteiger partial charge in [0.1, 0.15) is 0 Å². The number of hydrogen-bond acceptors (Lipinski definition) is 3. The Labute approximate surface area is 176 Å². The molecule has 0 saturated carbocycles. The molecular weight excluding hydrogens is 374 g/mol. The quantitative estimate of drug-likeness (QED) is 0.671. The second kappa shape index (κ2) is 8.82. The highest BCUT2D eigenvalue weighted by atomic mass is 16.2. The summed E-state index contributed by atoms with van der Waals surface area (Å²) in [5, 5.41) is 2.95. The number of anilines is 2. The second-order valence-electron chi connectivity index (χ2n) is 7.61. The molecule has 152 valence electrons. The van der Waals surface area contributed by atoms with Crippen molar-refractivity contribution in [1.82, 2.24) is 0 Å². The predicted octanol–water partition coefficient (Wildman–Crippen LogP) is 4.31. The molecule has 0 bridgehead atoms. The SMILES string of the molecule is NC(=O)C1CCN(c2ccc(NC(=O)c3ccc(-c4ccccc4)cc3)cc2)CC1. The number of carbonyl (C=O) groups excluding carboxylic acids is 2. The van der Waals surface area contributed by atoms with E-state index in [0.717, 1.165) is 48.4 Å². The van der Waals surface area contributed by atoms with Gasteiger partial charge in [-0.25, -0.2) is 0 Å². The Balaban J connectivity index is 1.36. The van der Waals surface area contributed by atoms with Gasteiger partial charge >= 0.3 is 0 Å². The fourth-order valence-corrected chi connectivity index (χ4v) is 3.83. The average molecular weight is 399 g/mol. The minimum absolute atomic E-state index is 0.0203. The molecule has 1 aliphatic rings. The first-order chi connectivity index (χ1) is 14.6. The van der Waals surface area contributed by atoms with E-state index in [4.69, 9.17) is 5.73 Å². The molecule has 1 fully saturated rings. The molecular formula is C25H25N3O2. The first-order valence-electron chi connectivity index (χ1n) is 10.2. The lowest BCUT2D eigenvalue weighted by atomic mass is 9.96. The van der Waals surface area contributed by atoms with Crippen LogP contribution in [-0.2, 0) is 4.79 Å². The summed E-state index contributed by atoms with van der Waals surface area (Å²) in [6.07, 6.45) is 1.57. The van der Waals surface area contributed by atoms with Crippen molar-refractivity contribution in [2.24, 2.45) is 11.7 Å². The standard InChI is InChI=1S/C25H25N3O2/c26-24(29)20-14-16-28(17-15-20)23-12-10-22(11-13-23)27-25(30)21-8-6-19(7-9-21)18-4-2-1-3-5-18/h1-13,20H,14-17H2,(H2,26,29)(H,27,30). The van der Waals surface area contributed by atoms with E-state index < -0.39 is 0 Å². The summed E-state index contributed by atoms with van der Waals surface area (Å²) in [5.41, 5.74) is 10.1. The molecule has 1 saturated heterocycles. The van der Waals surface area contributed by atoms with Gasteiger partial charge in [0, 0.05) is 35.9 Å². The third-order valence-corrected chi connectivity index (χ3v) is 5.64. The van der Waals surface area contributed by atoms with E-state index in [9.17, 15) is 9.59 Å². The van der Waals surface area contributed by atoms with Gasteiger partial charge in [0.2, 0.25) is 5.91 Å². The highest BCUT2D eigenvalue weighted by Crippen LogP contribution is 2.25. The van der Waals surface area contributed by atoms with E-state index in [-0.39, 0.29) is 17.7 Å². The van der Waals surface area contributed by atoms with Crippen molar-refractivity contribution >= 4 is 23.2 Å². The molecule has 3 aromatic rings. The lowest BCUT2D eigenvalue weighted by Crippen LogP contribution is -2.38. The normalized spacial score (nSPS) is 14.3. The van der Waals surface area contributed by atoms with Crippen molar-refractivity contribution < 1.29 is 9.59 Å². The van der Waals surface area contributed by atoms with Gasteiger partial charge in [0.15, 0.2) is 0 Å². The fraction of sp³-hybridized carbons (Fsp3) is 0.200. The summed E-state index contributed by atoms with van der Waals surface area (Å²) in [7, 11) is 0. The predicted molar refractivity (Wildman–Crippen MR) is 120 cm³/mol. The zero-order chi connectivity index (χ0) is 20.9. The fourth-order valence-electron chi connectivity index (χ4n) is 3.83. The van der Waals surface area contributed by atoms with Gasteiger partial charge in [-0.3, -0.25) is 9.59 Å². The van der Waals surface area contributed by atoms with Crippen LogP contribution in [0.15, 0.2) is 78.9 Å². The van der Waals surface area contributed by atoms with Crippen molar-refractivity contribution in [3.8, 4) is 11.1 Å². The number of benzene rings is 3. The van der Waals surface area contributed by atoms with Gasteiger partial charge in [-0.1, -0.05) is 42.5 Å². The number of nitrogens with zero attached hydrogens (tertiary/aromatic N) is 1. The highest BCUT2D eigenvalue weighted by Gasteiger charge is 2.23. The van der Waals surface area contributed by atoms with E-state index in [2.05, 4.69) is 10.2 Å². The Morgan fingerprint density at radius 1 is 0.800 bits per heavy atom. The maximum absolute atomic E-state index is 12.6. The minimum Gasteiger partial charge on any atom is -0.371 e. The van der Waals surface area contributed by atoms with Gasteiger partial charge in [-0.05, 0) is 60.4 Å².